The molecular formula is C15H23N. The third kappa shape index (κ3) is 2.46. The van der Waals surface area contributed by atoms with Gasteiger partial charge in [-0.1, -0.05) is 50.6 Å². The summed E-state index contributed by atoms with van der Waals surface area (Å²) in [5.74, 6) is 0.662. The van der Waals surface area contributed by atoms with Crippen molar-refractivity contribution in [2.24, 2.45) is 11.1 Å². The van der Waals surface area contributed by atoms with Gasteiger partial charge in [-0.15, -0.1) is 0 Å². The Kier molecular flexibility index (Phi) is 3.34. The fourth-order valence-electron chi connectivity index (χ4n) is 3.11. The molecule has 16 heavy (non-hydrogen) atoms. The molecule has 1 saturated carbocycles. The Labute approximate surface area is 99.0 Å². The highest BCUT2D eigenvalue weighted by molar-refractivity contribution is 5.21. The Morgan fingerprint density at radius 3 is 2.56 bits per heavy atom. The van der Waals surface area contributed by atoms with Crippen LogP contribution in [0.5, 0.6) is 0 Å². The first kappa shape index (κ1) is 11.7. The van der Waals surface area contributed by atoms with Gasteiger partial charge in [0.15, 0.2) is 0 Å². The second-order valence-electron chi connectivity index (χ2n) is 5.68. The molecule has 88 valence electrons. The van der Waals surface area contributed by atoms with Crippen LogP contribution in [0.15, 0.2) is 30.3 Å². The molecule has 0 bridgehead atoms. The summed E-state index contributed by atoms with van der Waals surface area (Å²) in [6.07, 6.45) is 4.87. The first-order valence-corrected chi connectivity index (χ1v) is 6.43. The van der Waals surface area contributed by atoms with Crippen LogP contribution in [0.1, 0.15) is 51.0 Å². The lowest BCUT2D eigenvalue weighted by Crippen LogP contribution is -2.37. The number of rotatable bonds is 2. The van der Waals surface area contributed by atoms with Crippen LogP contribution in [-0.2, 0) is 0 Å². The fraction of sp³-hybridized carbons (Fsp3) is 0.600. The molecule has 1 aromatic carbocycles. The zero-order valence-electron chi connectivity index (χ0n) is 10.4. The van der Waals surface area contributed by atoms with Crippen molar-refractivity contribution in [2.75, 3.05) is 0 Å². The predicted molar refractivity (Wildman–Crippen MR) is 69.4 cm³/mol. The van der Waals surface area contributed by atoms with Gasteiger partial charge in [-0.3, -0.25) is 0 Å². The Balaban J connectivity index is 2.17. The molecule has 1 heteroatoms. The third-order valence-corrected chi connectivity index (χ3v) is 4.21. The van der Waals surface area contributed by atoms with Gasteiger partial charge in [-0.25, -0.2) is 0 Å². The molecule has 1 fully saturated rings. The Bertz CT molecular complexity index is 333. The van der Waals surface area contributed by atoms with Crippen molar-refractivity contribution in [3.8, 4) is 0 Å². The van der Waals surface area contributed by atoms with Crippen molar-refractivity contribution in [2.45, 2.75) is 51.5 Å². The van der Waals surface area contributed by atoms with Crippen LogP contribution in [-0.4, -0.2) is 6.04 Å². The van der Waals surface area contributed by atoms with Crippen molar-refractivity contribution in [1.29, 1.82) is 0 Å². The molecule has 1 aliphatic carbocycles. The van der Waals surface area contributed by atoms with Crippen LogP contribution >= 0.6 is 0 Å². The summed E-state index contributed by atoms with van der Waals surface area (Å²) in [5, 5.41) is 0. The van der Waals surface area contributed by atoms with Gasteiger partial charge in [0, 0.05) is 6.04 Å². The summed E-state index contributed by atoms with van der Waals surface area (Å²) < 4.78 is 0. The van der Waals surface area contributed by atoms with E-state index < -0.39 is 0 Å². The lowest BCUT2D eigenvalue weighted by Gasteiger charge is -2.41. The molecule has 3 atom stereocenters. The molecule has 2 N–H and O–H groups in total. The minimum absolute atomic E-state index is 0.379. The molecule has 0 radical (unpaired) electrons. The minimum atomic E-state index is 0.379. The first-order chi connectivity index (χ1) is 7.63. The number of benzene rings is 1. The van der Waals surface area contributed by atoms with Crippen molar-refractivity contribution in [3.05, 3.63) is 35.9 Å². The summed E-state index contributed by atoms with van der Waals surface area (Å²) in [6, 6.07) is 11.2. The van der Waals surface area contributed by atoms with Crippen molar-refractivity contribution in [3.63, 3.8) is 0 Å². The molecule has 0 spiro atoms. The monoisotopic (exact) mass is 217 g/mol. The maximum atomic E-state index is 6.21. The van der Waals surface area contributed by atoms with E-state index in [2.05, 4.69) is 44.2 Å². The lowest BCUT2D eigenvalue weighted by molar-refractivity contribution is 0.167. The Morgan fingerprint density at radius 1 is 1.25 bits per heavy atom. The Hall–Kier alpha value is -0.820. The maximum absolute atomic E-state index is 6.21. The van der Waals surface area contributed by atoms with E-state index >= 15 is 0 Å². The van der Waals surface area contributed by atoms with Gasteiger partial charge in [-0.2, -0.15) is 0 Å². The van der Waals surface area contributed by atoms with Gasteiger partial charge in [0.1, 0.15) is 0 Å². The van der Waals surface area contributed by atoms with Gasteiger partial charge in [-0.05, 0) is 36.2 Å². The highest BCUT2D eigenvalue weighted by Gasteiger charge is 2.34. The number of hydrogen-bond donors (Lipinski definition) is 1. The maximum Gasteiger partial charge on any atom is 0.00498 e. The summed E-state index contributed by atoms with van der Waals surface area (Å²) in [5.41, 5.74) is 8.13. The van der Waals surface area contributed by atoms with Crippen molar-refractivity contribution >= 4 is 0 Å². The largest absolute Gasteiger partial charge is 0.328 e. The summed E-state index contributed by atoms with van der Waals surface area (Å²) in [7, 11) is 0. The predicted octanol–water partition coefficient (Wildman–Crippen LogP) is 3.70. The van der Waals surface area contributed by atoms with Crippen LogP contribution in [0.2, 0.25) is 0 Å². The molecule has 1 nitrogen and oxygen atoms in total. The molecule has 0 amide bonds. The van der Waals surface area contributed by atoms with Crippen LogP contribution in [0.3, 0.4) is 0 Å². The quantitative estimate of drug-likeness (QED) is 0.803. The fourth-order valence-corrected chi connectivity index (χ4v) is 3.11. The van der Waals surface area contributed by atoms with E-state index in [1.54, 1.807) is 0 Å². The zero-order chi connectivity index (χ0) is 11.6. The SMILES string of the molecule is CCC1(C)CC(N)CC(c2ccccc2)C1. The second kappa shape index (κ2) is 4.58. The van der Waals surface area contributed by atoms with Gasteiger partial charge >= 0.3 is 0 Å². The van der Waals surface area contributed by atoms with Crippen molar-refractivity contribution < 1.29 is 0 Å². The highest BCUT2D eigenvalue weighted by atomic mass is 14.7. The van der Waals surface area contributed by atoms with Gasteiger partial charge < -0.3 is 5.73 Å². The number of hydrogen-bond acceptors (Lipinski definition) is 1. The average molecular weight is 217 g/mol. The van der Waals surface area contributed by atoms with Crippen molar-refractivity contribution in [1.82, 2.24) is 0 Å². The molecule has 0 aliphatic heterocycles. The smallest absolute Gasteiger partial charge is 0.00498 e. The van der Waals surface area contributed by atoms with E-state index in [0.29, 0.717) is 17.4 Å². The van der Waals surface area contributed by atoms with Gasteiger partial charge in [0.25, 0.3) is 0 Å². The molecule has 0 aromatic heterocycles. The van der Waals surface area contributed by atoms with Crippen LogP contribution in [0.25, 0.3) is 0 Å². The third-order valence-electron chi connectivity index (χ3n) is 4.21. The van der Waals surface area contributed by atoms with E-state index in [9.17, 15) is 0 Å². The normalized spacial score (nSPS) is 34.9. The second-order valence-corrected chi connectivity index (χ2v) is 5.68. The number of nitrogens with two attached hydrogens (primary N) is 1. The minimum Gasteiger partial charge on any atom is -0.328 e. The highest BCUT2D eigenvalue weighted by Crippen LogP contribution is 2.45. The van der Waals surface area contributed by atoms with Crippen LogP contribution < -0.4 is 5.73 Å². The van der Waals surface area contributed by atoms with Crippen LogP contribution in [0, 0.1) is 5.41 Å². The summed E-state index contributed by atoms with van der Waals surface area (Å²) in [6.45, 7) is 4.68. The van der Waals surface area contributed by atoms with E-state index in [1.807, 2.05) is 0 Å². The first-order valence-electron chi connectivity index (χ1n) is 6.43. The molecule has 3 unspecified atom stereocenters. The van der Waals surface area contributed by atoms with E-state index in [4.69, 9.17) is 5.73 Å². The van der Waals surface area contributed by atoms with E-state index in [-0.39, 0.29) is 0 Å². The molecule has 0 heterocycles. The summed E-state index contributed by atoms with van der Waals surface area (Å²) in [4.78, 5) is 0. The van der Waals surface area contributed by atoms with E-state index in [1.165, 1.54) is 24.8 Å². The molecule has 0 saturated heterocycles. The molecular weight excluding hydrogens is 194 g/mol. The molecule has 2 rings (SSSR count). The van der Waals surface area contributed by atoms with E-state index in [0.717, 1.165) is 6.42 Å². The van der Waals surface area contributed by atoms with Gasteiger partial charge in [0.05, 0.1) is 0 Å². The topological polar surface area (TPSA) is 26.0 Å². The average Bonchev–Trinajstić information content (AvgIpc) is 2.29. The van der Waals surface area contributed by atoms with Crippen LogP contribution in [0.4, 0.5) is 0 Å². The lowest BCUT2D eigenvalue weighted by atomic mass is 9.66. The molecule has 1 aliphatic rings. The zero-order valence-corrected chi connectivity index (χ0v) is 10.4. The standard InChI is InChI=1S/C15H23N/c1-3-15(2)10-13(9-14(16)11-15)12-7-5-4-6-8-12/h4-8,13-14H,3,9-11,16H2,1-2H3. The Morgan fingerprint density at radius 2 is 1.94 bits per heavy atom. The summed E-state index contributed by atoms with van der Waals surface area (Å²) >= 11 is 0. The van der Waals surface area contributed by atoms with Gasteiger partial charge in [0.2, 0.25) is 0 Å². The molecule has 1 aromatic rings.